The average Bonchev–Trinajstić information content (AvgIpc) is 2.80. The first-order valence-electron chi connectivity index (χ1n) is 11.5. The Labute approximate surface area is 189 Å². The summed E-state index contributed by atoms with van der Waals surface area (Å²) in [5.74, 6) is -0.153. The molecule has 0 bridgehead atoms. The number of anilines is 1. The van der Waals surface area contributed by atoms with Crippen LogP contribution in [0.15, 0.2) is 60.7 Å². The van der Waals surface area contributed by atoms with E-state index in [1.54, 1.807) is 6.07 Å². The summed E-state index contributed by atoms with van der Waals surface area (Å²) in [5.41, 5.74) is 3.13. The zero-order chi connectivity index (χ0) is 22.5. The molecule has 0 saturated heterocycles. The first kappa shape index (κ1) is 21.9. The maximum absolute atomic E-state index is 13.1. The van der Waals surface area contributed by atoms with Crippen molar-refractivity contribution in [3.8, 4) is 0 Å². The molecule has 1 aliphatic rings. The first-order valence-corrected chi connectivity index (χ1v) is 11.5. The number of hydrogen-bond donors (Lipinski definition) is 3. The predicted octanol–water partition coefficient (Wildman–Crippen LogP) is 6.09. The molecule has 0 spiro atoms. The van der Waals surface area contributed by atoms with E-state index in [1.165, 1.54) is 6.42 Å². The van der Waals surface area contributed by atoms with Crippen molar-refractivity contribution in [2.24, 2.45) is 0 Å². The second-order valence-electron chi connectivity index (χ2n) is 8.73. The van der Waals surface area contributed by atoms with Crippen molar-refractivity contribution in [1.29, 1.82) is 0 Å². The van der Waals surface area contributed by atoms with Crippen molar-refractivity contribution < 1.29 is 9.59 Å². The van der Waals surface area contributed by atoms with Gasteiger partial charge < -0.3 is 16.0 Å². The van der Waals surface area contributed by atoms with E-state index in [0.717, 1.165) is 47.6 Å². The number of hydrogen-bond acceptors (Lipinski definition) is 2. The van der Waals surface area contributed by atoms with Gasteiger partial charge >= 0.3 is 6.03 Å². The van der Waals surface area contributed by atoms with E-state index < -0.39 is 0 Å². The smallest absolute Gasteiger partial charge is 0.319 e. The molecule has 3 N–H and O–H groups in total. The van der Waals surface area contributed by atoms with Crippen LogP contribution < -0.4 is 16.0 Å². The Morgan fingerprint density at radius 1 is 0.938 bits per heavy atom. The van der Waals surface area contributed by atoms with Crippen molar-refractivity contribution in [2.45, 2.75) is 58.0 Å². The minimum Gasteiger partial charge on any atom is -0.345 e. The number of fused-ring (bicyclic) bond motifs is 1. The summed E-state index contributed by atoms with van der Waals surface area (Å²) in [5, 5.41) is 11.4. The van der Waals surface area contributed by atoms with Crippen molar-refractivity contribution in [2.75, 3.05) is 5.32 Å². The molecule has 3 amide bonds. The zero-order valence-electron chi connectivity index (χ0n) is 18.8. The zero-order valence-corrected chi connectivity index (χ0v) is 18.8. The number of carbonyl (C=O) groups excluding carboxylic acids is 2. The van der Waals surface area contributed by atoms with Gasteiger partial charge in [0.1, 0.15) is 0 Å². The lowest BCUT2D eigenvalue weighted by atomic mass is 9.96. The SMILES string of the molecule is Cc1ccc(NC(=O)NC2CCCCC2)cc1C(=O)N[C@H](C)c1cccc2ccccc12. The second kappa shape index (κ2) is 9.86. The van der Waals surface area contributed by atoms with Gasteiger partial charge in [0.2, 0.25) is 0 Å². The van der Waals surface area contributed by atoms with E-state index in [9.17, 15) is 9.59 Å². The number of carbonyl (C=O) groups is 2. The highest BCUT2D eigenvalue weighted by molar-refractivity contribution is 5.98. The molecular weight excluding hydrogens is 398 g/mol. The third-order valence-corrected chi connectivity index (χ3v) is 6.32. The summed E-state index contributed by atoms with van der Waals surface area (Å²) in [6, 6.07) is 19.6. The van der Waals surface area contributed by atoms with Crippen LogP contribution in [0.3, 0.4) is 0 Å². The Bertz CT molecular complexity index is 1110. The Kier molecular flexibility index (Phi) is 6.74. The van der Waals surface area contributed by atoms with Gasteiger partial charge in [-0.2, -0.15) is 0 Å². The molecule has 5 nitrogen and oxygen atoms in total. The molecule has 3 aromatic rings. The lowest BCUT2D eigenvalue weighted by Crippen LogP contribution is -2.39. The topological polar surface area (TPSA) is 70.2 Å². The van der Waals surface area contributed by atoms with Gasteiger partial charge in [-0.15, -0.1) is 0 Å². The molecule has 1 atom stereocenters. The van der Waals surface area contributed by atoms with Crippen LogP contribution in [0.4, 0.5) is 10.5 Å². The summed E-state index contributed by atoms with van der Waals surface area (Å²) < 4.78 is 0. The number of aryl methyl sites for hydroxylation is 1. The molecule has 5 heteroatoms. The van der Waals surface area contributed by atoms with Crippen LogP contribution in [0, 0.1) is 6.92 Å². The third-order valence-electron chi connectivity index (χ3n) is 6.32. The lowest BCUT2D eigenvalue weighted by molar-refractivity contribution is 0.0939. The minimum atomic E-state index is -0.212. The van der Waals surface area contributed by atoms with Gasteiger partial charge in [0.05, 0.1) is 6.04 Å². The first-order chi connectivity index (χ1) is 15.5. The quantitative estimate of drug-likeness (QED) is 0.459. The fraction of sp³-hybridized carbons (Fsp3) is 0.333. The molecule has 0 heterocycles. The molecule has 0 aliphatic heterocycles. The van der Waals surface area contributed by atoms with Crippen LogP contribution in [-0.4, -0.2) is 18.0 Å². The molecule has 4 rings (SSSR count). The van der Waals surface area contributed by atoms with Crippen LogP contribution in [0.25, 0.3) is 10.8 Å². The fourth-order valence-corrected chi connectivity index (χ4v) is 4.52. The Hall–Kier alpha value is -3.34. The second-order valence-corrected chi connectivity index (χ2v) is 8.73. The van der Waals surface area contributed by atoms with Crippen LogP contribution in [0.1, 0.15) is 66.6 Å². The predicted molar refractivity (Wildman–Crippen MR) is 130 cm³/mol. The van der Waals surface area contributed by atoms with Gasteiger partial charge in [0.25, 0.3) is 5.91 Å². The normalized spacial score (nSPS) is 15.2. The van der Waals surface area contributed by atoms with Crippen LogP contribution >= 0.6 is 0 Å². The standard InChI is InChI=1S/C27H31N3O2/c1-18-15-16-22(30-27(32)29-21-11-4-3-5-12-21)17-25(18)26(31)28-19(2)23-14-8-10-20-9-6-7-13-24(20)23/h6-10,13-17,19,21H,3-5,11-12H2,1-2H3,(H,28,31)(H2,29,30,32)/t19-/m1/s1. The van der Waals surface area contributed by atoms with E-state index in [1.807, 2.05) is 50.2 Å². The number of rotatable bonds is 5. The Morgan fingerprint density at radius 3 is 2.50 bits per heavy atom. The molecular formula is C27H31N3O2. The third kappa shape index (κ3) is 5.10. The molecule has 1 saturated carbocycles. The van der Waals surface area contributed by atoms with Crippen molar-refractivity contribution in [1.82, 2.24) is 10.6 Å². The maximum Gasteiger partial charge on any atom is 0.319 e. The highest BCUT2D eigenvalue weighted by Crippen LogP contribution is 2.25. The maximum atomic E-state index is 13.1. The Morgan fingerprint density at radius 2 is 1.69 bits per heavy atom. The molecule has 32 heavy (non-hydrogen) atoms. The van der Waals surface area contributed by atoms with Gasteiger partial charge in [-0.05, 0) is 60.7 Å². The lowest BCUT2D eigenvalue weighted by Gasteiger charge is -2.23. The molecule has 3 aromatic carbocycles. The van der Waals surface area contributed by atoms with E-state index in [0.29, 0.717) is 11.3 Å². The van der Waals surface area contributed by atoms with Gasteiger partial charge in [0.15, 0.2) is 0 Å². The monoisotopic (exact) mass is 429 g/mol. The van der Waals surface area contributed by atoms with Gasteiger partial charge in [-0.25, -0.2) is 4.79 Å². The van der Waals surface area contributed by atoms with Gasteiger partial charge in [-0.3, -0.25) is 4.79 Å². The highest BCUT2D eigenvalue weighted by atomic mass is 16.2. The molecule has 1 fully saturated rings. The van der Waals surface area contributed by atoms with Crippen molar-refractivity contribution in [3.63, 3.8) is 0 Å². The van der Waals surface area contributed by atoms with Crippen molar-refractivity contribution >= 4 is 28.4 Å². The van der Waals surface area contributed by atoms with Gasteiger partial charge in [0, 0.05) is 17.3 Å². The van der Waals surface area contributed by atoms with E-state index in [2.05, 4.69) is 34.1 Å². The number of nitrogens with one attached hydrogen (secondary N) is 3. The van der Waals surface area contributed by atoms with E-state index in [4.69, 9.17) is 0 Å². The fourth-order valence-electron chi connectivity index (χ4n) is 4.52. The molecule has 1 aliphatic carbocycles. The van der Waals surface area contributed by atoms with Crippen LogP contribution in [-0.2, 0) is 0 Å². The minimum absolute atomic E-state index is 0.153. The van der Waals surface area contributed by atoms with Crippen molar-refractivity contribution in [3.05, 3.63) is 77.4 Å². The number of amides is 3. The van der Waals surface area contributed by atoms with Crippen LogP contribution in [0.5, 0.6) is 0 Å². The molecule has 0 aromatic heterocycles. The summed E-state index contributed by atoms with van der Waals surface area (Å²) in [4.78, 5) is 25.5. The molecule has 0 radical (unpaired) electrons. The summed E-state index contributed by atoms with van der Waals surface area (Å²) in [6.45, 7) is 3.90. The van der Waals surface area contributed by atoms with E-state index in [-0.39, 0.29) is 24.0 Å². The summed E-state index contributed by atoms with van der Waals surface area (Å²) in [7, 11) is 0. The Balaban J connectivity index is 1.45. The average molecular weight is 430 g/mol. The number of benzene rings is 3. The van der Waals surface area contributed by atoms with Gasteiger partial charge in [-0.1, -0.05) is 67.8 Å². The summed E-state index contributed by atoms with van der Waals surface area (Å²) in [6.07, 6.45) is 5.62. The van der Waals surface area contributed by atoms with E-state index >= 15 is 0 Å². The summed E-state index contributed by atoms with van der Waals surface area (Å²) >= 11 is 0. The molecule has 166 valence electrons. The molecule has 0 unspecified atom stereocenters. The highest BCUT2D eigenvalue weighted by Gasteiger charge is 2.18. The largest absolute Gasteiger partial charge is 0.345 e. The van der Waals surface area contributed by atoms with Crippen LogP contribution in [0.2, 0.25) is 0 Å². The number of urea groups is 1.